The van der Waals surface area contributed by atoms with Gasteiger partial charge in [-0.15, -0.1) is 0 Å². The van der Waals surface area contributed by atoms with Gasteiger partial charge in [0.2, 0.25) is 0 Å². The van der Waals surface area contributed by atoms with Gasteiger partial charge in [-0.3, -0.25) is 10.1 Å². The molecule has 0 spiro atoms. The summed E-state index contributed by atoms with van der Waals surface area (Å²) < 4.78 is 54.0. The van der Waals surface area contributed by atoms with Crippen LogP contribution in [0.2, 0.25) is 0 Å². The zero-order valence-electron chi connectivity index (χ0n) is 26.3. The summed E-state index contributed by atoms with van der Waals surface area (Å²) in [5.41, 5.74) is 6.38. The first-order valence-electron chi connectivity index (χ1n) is 13.8. The molecule has 52 heavy (non-hydrogen) atoms. The summed E-state index contributed by atoms with van der Waals surface area (Å²) in [7, 11) is 0. The van der Waals surface area contributed by atoms with Crippen LogP contribution in [-0.4, -0.2) is 88.5 Å². The van der Waals surface area contributed by atoms with Crippen LogP contribution in [0.1, 0.15) is 16.1 Å². The van der Waals surface area contributed by atoms with E-state index in [9.17, 15) is 46.3 Å². The second-order valence-electron chi connectivity index (χ2n) is 9.61. The minimum Gasteiger partial charge on any atom is -0.478 e. The Morgan fingerprint density at radius 1 is 0.885 bits per heavy atom. The highest BCUT2D eigenvalue weighted by molar-refractivity contribution is 6.07. The summed E-state index contributed by atoms with van der Waals surface area (Å²) in [6, 6.07) is 7.83. The average Bonchev–Trinajstić information content (AvgIpc) is 3.44. The van der Waals surface area contributed by atoms with Crippen molar-refractivity contribution >= 4 is 58.7 Å². The lowest BCUT2D eigenvalue weighted by Gasteiger charge is -2.11. The van der Waals surface area contributed by atoms with Crippen LogP contribution >= 0.6 is 0 Å². The Hall–Kier alpha value is -7.39. The molecule has 0 bridgehead atoms. The molecule has 0 unspecified atom stereocenters. The minimum absolute atomic E-state index is 0.0200. The summed E-state index contributed by atoms with van der Waals surface area (Å²) in [6.45, 7) is 0.170. The van der Waals surface area contributed by atoms with Gasteiger partial charge in [-0.05, 0) is 36.8 Å². The molecular weight excluding hydrogens is 708 g/mol. The zero-order valence-corrected chi connectivity index (χ0v) is 26.3. The predicted octanol–water partition coefficient (Wildman–Crippen LogP) is 3.18. The number of carbonyl (C=O) groups is 6. The quantitative estimate of drug-likeness (QED) is 0.0906. The number of pyridine rings is 1. The molecule has 22 heteroatoms. The number of aromatic nitrogens is 4. The molecule has 9 N–H and O–H groups in total. The first-order valence-corrected chi connectivity index (χ1v) is 13.8. The van der Waals surface area contributed by atoms with Crippen molar-refractivity contribution in [1.29, 1.82) is 0 Å². The molecule has 0 aliphatic rings. The molecule has 0 aliphatic heterocycles. The maximum atomic E-state index is 15.0. The highest BCUT2D eigenvalue weighted by atomic mass is 19.4. The Labute approximate surface area is 287 Å². The number of rotatable bonds is 9. The molecule has 0 aliphatic carbocycles. The molecule has 0 fully saturated rings. The number of benzene rings is 1. The fourth-order valence-electron chi connectivity index (χ4n) is 3.71. The first kappa shape index (κ1) is 40.8. The zero-order chi connectivity index (χ0) is 39.2. The molecule has 0 saturated carbocycles. The lowest BCUT2D eigenvalue weighted by atomic mass is 10.0. The van der Waals surface area contributed by atoms with Gasteiger partial charge in [0.05, 0.1) is 11.3 Å². The Bertz CT molecular complexity index is 1980. The number of alkyl halides is 3. The summed E-state index contributed by atoms with van der Waals surface area (Å²) in [6.07, 6.45) is -0.142. The number of nitrogens with zero attached hydrogens (tertiary/aromatic N) is 4. The number of hydrogen-bond acceptors (Lipinski definition) is 10. The molecule has 3 amide bonds. The number of urea groups is 1. The Morgan fingerprint density at radius 2 is 1.46 bits per heavy atom. The van der Waals surface area contributed by atoms with Crippen LogP contribution in [0.3, 0.4) is 0 Å². The van der Waals surface area contributed by atoms with Gasteiger partial charge in [-0.1, -0.05) is 12.1 Å². The predicted molar refractivity (Wildman–Crippen MR) is 172 cm³/mol. The second-order valence-corrected chi connectivity index (χ2v) is 9.61. The minimum atomic E-state index is -4.64. The fourth-order valence-corrected chi connectivity index (χ4v) is 3.71. The van der Waals surface area contributed by atoms with Gasteiger partial charge >= 0.3 is 36.1 Å². The van der Waals surface area contributed by atoms with E-state index in [1.165, 1.54) is 18.3 Å². The van der Waals surface area contributed by atoms with Gasteiger partial charge in [0.1, 0.15) is 30.0 Å². The van der Waals surface area contributed by atoms with Gasteiger partial charge in [-0.2, -0.15) is 18.3 Å². The molecule has 18 nitrogen and oxygen atoms in total. The van der Waals surface area contributed by atoms with E-state index < -0.39 is 54.4 Å². The molecule has 4 rings (SSSR count). The number of nitrogen functional groups attached to an aromatic ring is 1. The van der Waals surface area contributed by atoms with Crippen LogP contribution in [0.15, 0.2) is 73.2 Å². The molecule has 0 atom stereocenters. The normalized spacial score (nSPS) is 10.8. The first-order chi connectivity index (χ1) is 24.3. The largest absolute Gasteiger partial charge is 0.478 e. The van der Waals surface area contributed by atoms with Crippen molar-refractivity contribution in [2.45, 2.75) is 13.1 Å². The number of nitrogens with one attached hydrogen (secondary N) is 3. The van der Waals surface area contributed by atoms with Crippen molar-refractivity contribution in [2.24, 2.45) is 0 Å². The number of halogens is 4. The number of carboxylic acids is 4. The van der Waals surface area contributed by atoms with Crippen molar-refractivity contribution < 1.29 is 66.8 Å². The third-order valence-electron chi connectivity index (χ3n) is 5.67. The van der Waals surface area contributed by atoms with Crippen LogP contribution < -0.4 is 21.7 Å². The number of aryl methyl sites for hydroxylation is 1. The van der Waals surface area contributed by atoms with Crippen molar-refractivity contribution in [3.05, 3.63) is 90.3 Å². The van der Waals surface area contributed by atoms with Crippen molar-refractivity contribution in [1.82, 2.24) is 24.9 Å². The van der Waals surface area contributed by atoms with Crippen molar-refractivity contribution in [2.75, 3.05) is 22.9 Å². The molecule has 0 saturated heterocycles. The highest BCUT2D eigenvalue weighted by Gasteiger charge is 2.30. The number of amides is 3. The molecule has 4 aromatic rings. The van der Waals surface area contributed by atoms with Crippen molar-refractivity contribution in [3.8, 4) is 11.1 Å². The number of nitrogens with two attached hydrogens (primary N) is 1. The average molecular weight is 735 g/mol. The van der Waals surface area contributed by atoms with E-state index in [-0.39, 0.29) is 39.5 Å². The maximum Gasteiger partial charge on any atom is 0.405 e. The summed E-state index contributed by atoms with van der Waals surface area (Å²) >= 11 is 0. The number of carboxylic acid groups (broad SMARTS) is 4. The van der Waals surface area contributed by atoms with Crippen LogP contribution in [-0.2, 0) is 19.2 Å². The Balaban J connectivity index is 0.000000487. The molecule has 3 heterocycles. The van der Waals surface area contributed by atoms with Gasteiger partial charge < -0.3 is 36.8 Å². The van der Waals surface area contributed by atoms with Gasteiger partial charge in [0, 0.05) is 41.8 Å². The molecular formula is C30H26F4N8O10. The van der Waals surface area contributed by atoms with Crippen LogP contribution in [0.4, 0.5) is 39.7 Å². The Morgan fingerprint density at radius 3 is 1.96 bits per heavy atom. The third-order valence-corrected chi connectivity index (χ3v) is 5.67. The van der Waals surface area contributed by atoms with Gasteiger partial charge in [0.15, 0.2) is 5.82 Å². The van der Waals surface area contributed by atoms with E-state index in [1.54, 1.807) is 30.4 Å². The number of carbonyl (C=O) groups excluding carboxylic acids is 2. The maximum absolute atomic E-state index is 15.0. The number of fused-ring (bicyclic) bond motifs is 1. The van der Waals surface area contributed by atoms with E-state index in [2.05, 4.69) is 25.7 Å². The van der Waals surface area contributed by atoms with Gasteiger partial charge in [-0.25, -0.2) is 42.8 Å². The molecule has 0 radical (unpaired) electrons. The lowest BCUT2D eigenvalue weighted by molar-refractivity contribution is -0.134. The number of anilines is 3. The second kappa shape index (κ2) is 18.4. The van der Waals surface area contributed by atoms with Crippen LogP contribution in [0, 0.1) is 12.7 Å². The Kier molecular flexibility index (Phi) is 14.4. The smallest absolute Gasteiger partial charge is 0.405 e. The topological polar surface area (TPSA) is 289 Å². The highest BCUT2D eigenvalue weighted by Crippen LogP contribution is 2.34. The lowest BCUT2D eigenvalue weighted by Crippen LogP contribution is -2.33. The van der Waals surface area contributed by atoms with E-state index >= 15 is 0 Å². The molecule has 274 valence electrons. The van der Waals surface area contributed by atoms with E-state index in [0.717, 1.165) is 16.9 Å². The third kappa shape index (κ3) is 13.6. The number of aliphatic carboxylic acids is 4. The van der Waals surface area contributed by atoms with E-state index in [4.69, 9.17) is 26.2 Å². The van der Waals surface area contributed by atoms with Gasteiger partial charge in [0.25, 0.3) is 5.91 Å². The standard InChI is InChI=1S/C22H18F4N8O2.2C4H4O4/c1-11-3-2-4-16(31-11)33-21(36)32-15-6-5-12(7-14(15)23)17-13(20(35)28-9-22(24,25)26)8-34-18(17)19(27)29-10-30-34;2*5-3(6)1-2-4(7)8/h2-8,10H,9H2,1H3,(H,28,35)(H2,27,29,30)(H2,31,32,33,36);2*1-2H,(H,5,6)(H,7,8)/b;2*2-1-. The van der Waals surface area contributed by atoms with Crippen LogP contribution in [0.25, 0.3) is 16.6 Å². The summed E-state index contributed by atoms with van der Waals surface area (Å²) in [5.74, 6) is -6.80. The van der Waals surface area contributed by atoms with E-state index in [0.29, 0.717) is 30.0 Å². The van der Waals surface area contributed by atoms with Crippen LogP contribution in [0.5, 0.6) is 0 Å². The summed E-state index contributed by atoms with van der Waals surface area (Å²) in [4.78, 5) is 71.0. The monoisotopic (exact) mass is 734 g/mol. The molecule has 1 aromatic carbocycles. The molecule has 3 aromatic heterocycles. The SMILES string of the molecule is Cc1cccc(NC(=O)Nc2ccc(-c3c(C(=O)NCC(F)(F)F)cn4ncnc(N)c34)cc2F)n1.O=C(O)/C=C\C(=O)O.O=C(O)/C=C\C(=O)O. The fraction of sp³-hybridized carbons (Fsp3) is 0.100. The summed E-state index contributed by atoms with van der Waals surface area (Å²) in [5, 5.41) is 41.8. The van der Waals surface area contributed by atoms with Crippen molar-refractivity contribution in [3.63, 3.8) is 0 Å². The van der Waals surface area contributed by atoms with E-state index in [1.807, 2.05) is 0 Å². The number of hydrogen-bond donors (Lipinski definition) is 8.